The highest BCUT2D eigenvalue weighted by atomic mass is 16.5. The van der Waals surface area contributed by atoms with Crippen molar-refractivity contribution in [3.05, 3.63) is 18.0 Å². The molecule has 0 unspecified atom stereocenters. The predicted molar refractivity (Wildman–Crippen MR) is 89.6 cm³/mol. The first-order chi connectivity index (χ1) is 11.6. The van der Waals surface area contributed by atoms with Crippen LogP contribution in [0.2, 0.25) is 0 Å². The molecule has 7 heteroatoms. The Morgan fingerprint density at radius 3 is 2.79 bits per heavy atom. The Balaban J connectivity index is 1.41. The Kier molecular flexibility index (Phi) is 5.53. The molecule has 0 spiro atoms. The van der Waals surface area contributed by atoms with Crippen molar-refractivity contribution in [2.24, 2.45) is 13.0 Å². The van der Waals surface area contributed by atoms with Crippen LogP contribution in [0.3, 0.4) is 0 Å². The predicted octanol–water partition coefficient (Wildman–Crippen LogP) is 0.0652. The summed E-state index contributed by atoms with van der Waals surface area (Å²) in [5.74, 6) is 0.750. The largest absolute Gasteiger partial charge is 0.389 e. The van der Waals surface area contributed by atoms with Gasteiger partial charge in [-0.25, -0.2) is 0 Å². The van der Waals surface area contributed by atoms with E-state index in [-0.39, 0.29) is 11.8 Å². The molecule has 3 rings (SSSR count). The summed E-state index contributed by atoms with van der Waals surface area (Å²) in [4.78, 5) is 16.8. The molecule has 0 radical (unpaired) electrons. The van der Waals surface area contributed by atoms with Gasteiger partial charge in [-0.15, -0.1) is 0 Å². The second-order valence-corrected chi connectivity index (χ2v) is 6.84. The molecule has 1 saturated heterocycles. The van der Waals surface area contributed by atoms with Gasteiger partial charge in [0.25, 0.3) is 0 Å². The number of amides is 1. The monoisotopic (exact) mass is 336 g/mol. The zero-order chi connectivity index (χ0) is 17.1. The lowest BCUT2D eigenvalue weighted by Gasteiger charge is -2.35. The van der Waals surface area contributed by atoms with E-state index in [1.807, 2.05) is 31.3 Å². The first-order valence-electron chi connectivity index (χ1n) is 8.84. The number of β-amino-alcohol motifs (C(OH)–C–C–N with tert-alkyl or cyclic N) is 1. The normalized spacial score (nSPS) is 25.7. The molecule has 2 fully saturated rings. The van der Waals surface area contributed by atoms with Gasteiger partial charge in [0.15, 0.2) is 0 Å². The molecule has 134 valence electrons. The third kappa shape index (κ3) is 4.15. The van der Waals surface area contributed by atoms with E-state index in [9.17, 15) is 9.90 Å². The van der Waals surface area contributed by atoms with Crippen molar-refractivity contribution < 1.29 is 14.6 Å². The van der Waals surface area contributed by atoms with Gasteiger partial charge < -0.3 is 14.7 Å². The number of rotatable bonds is 7. The fraction of sp³-hybridized carbons (Fsp3) is 0.765. The molecule has 2 aliphatic rings. The Bertz CT molecular complexity index is 554. The Hall–Kier alpha value is -1.44. The van der Waals surface area contributed by atoms with E-state index >= 15 is 0 Å². The first-order valence-corrected chi connectivity index (χ1v) is 8.84. The highest BCUT2D eigenvalue weighted by Gasteiger charge is 2.46. The van der Waals surface area contributed by atoms with E-state index in [1.54, 1.807) is 4.68 Å². The molecule has 3 atom stereocenters. The highest BCUT2D eigenvalue weighted by Crippen LogP contribution is 2.48. The molecule has 1 aliphatic carbocycles. The number of aliphatic hydroxyl groups is 1. The fourth-order valence-electron chi connectivity index (χ4n) is 3.46. The number of piperazine rings is 1. The third-order valence-corrected chi connectivity index (χ3v) is 4.93. The van der Waals surface area contributed by atoms with Crippen molar-refractivity contribution in [2.45, 2.75) is 25.4 Å². The second kappa shape index (κ2) is 7.63. The van der Waals surface area contributed by atoms with E-state index in [1.165, 1.54) is 5.56 Å². The molecule has 1 saturated carbocycles. The standard InChI is InChI=1S/C17H28N4O3/c1-3-24-12-14(22)11-20-4-6-21(7-5-20)17(23)16-8-15(16)13-9-18-19(2)10-13/h9-10,14-16,22H,3-8,11-12H2,1-2H3/t14-,15+,16-/m1/s1. The summed E-state index contributed by atoms with van der Waals surface area (Å²) in [6.07, 6.45) is 4.37. The average Bonchev–Trinajstić information content (AvgIpc) is 3.27. The molecule has 0 aromatic carbocycles. The summed E-state index contributed by atoms with van der Waals surface area (Å²) in [6, 6.07) is 0. The van der Waals surface area contributed by atoms with Crippen LogP contribution in [0.4, 0.5) is 0 Å². The highest BCUT2D eigenvalue weighted by molar-refractivity contribution is 5.83. The molecular formula is C17H28N4O3. The second-order valence-electron chi connectivity index (χ2n) is 6.84. The quantitative estimate of drug-likeness (QED) is 0.763. The summed E-state index contributed by atoms with van der Waals surface area (Å²) in [5.41, 5.74) is 1.17. The van der Waals surface area contributed by atoms with Crippen LogP contribution < -0.4 is 0 Å². The number of aromatic nitrogens is 2. The third-order valence-electron chi connectivity index (χ3n) is 4.93. The molecule has 2 heterocycles. The number of hydrogen-bond donors (Lipinski definition) is 1. The van der Waals surface area contributed by atoms with Gasteiger partial charge in [-0.05, 0) is 24.8 Å². The van der Waals surface area contributed by atoms with E-state index in [2.05, 4.69) is 10.00 Å². The van der Waals surface area contributed by atoms with Crippen LogP contribution in [0, 0.1) is 5.92 Å². The zero-order valence-corrected chi connectivity index (χ0v) is 14.6. The molecule has 1 amide bonds. The number of carbonyl (C=O) groups is 1. The fourth-order valence-corrected chi connectivity index (χ4v) is 3.46. The lowest BCUT2D eigenvalue weighted by molar-refractivity contribution is -0.134. The smallest absolute Gasteiger partial charge is 0.226 e. The maximum atomic E-state index is 12.6. The molecule has 1 aromatic rings. The molecule has 1 N–H and O–H groups in total. The Morgan fingerprint density at radius 1 is 1.42 bits per heavy atom. The molecular weight excluding hydrogens is 308 g/mol. The van der Waals surface area contributed by atoms with Crippen LogP contribution in [-0.4, -0.2) is 82.6 Å². The van der Waals surface area contributed by atoms with Crippen molar-refractivity contribution in [1.29, 1.82) is 0 Å². The maximum Gasteiger partial charge on any atom is 0.226 e. The van der Waals surface area contributed by atoms with Gasteiger partial charge in [0.2, 0.25) is 5.91 Å². The van der Waals surface area contributed by atoms with Gasteiger partial charge in [-0.3, -0.25) is 14.4 Å². The lowest BCUT2D eigenvalue weighted by atomic mass is 10.1. The number of nitrogens with zero attached hydrogens (tertiary/aromatic N) is 4. The van der Waals surface area contributed by atoms with Crippen molar-refractivity contribution in [2.75, 3.05) is 45.9 Å². The average molecular weight is 336 g/mol. The Morgan fingerprint density at radius 2 is 2.17 bits per heavy atom. The molecule has 24 heavy (non-hydrogen) atoms. The molecule has 7 nitrogen and oxygen atoms in total. The van der Waals surface area contributed by atoms with E-state index < -0.39 is 6.10 Å². The topological polar surface area (TPSA) is 70.8 Å². The van der Waals surface area contributed by atoms with Gasteiger partial charge >= 0.3 is 0 Å². The summed E-state index contributed by atoms with van der Waals surface area (Å²) < 4.78 is 7.04. The van der Waals surface area contributed by atoms with Gasteiger partial charge in [0, 0.05) is 58.5 Å². The van der Waals surface area contributed by atoms with Crippen LogP contribution >= 0.6 is 0 Å². The van der Waals surface area contributed by atoms with Crippen molar-refractivity contribution in [1.82, 2.24) is 19.6 Å². The number of carbonyl (C=O) groups excluding carboxylic acids is 1. The number of hydrogen-bond acceptors (Lipinski definition) is 5. The minimum atomic E-state index is -0.453. The number of ether oxygens (including phenoxy) is 1. The summed E-state index contributed by atoms with van der Waals surface area (Å²) in [6.45, 7) is 6.67. The lowest BCUT2D eigenvalue weighted by Crippen LogP contribution is -2.51. The van der Waals surface area contributed by atoms with Crippen molar-refractivity contribution in [3.8, 4) is 0 Å². The minimum absolute atomic E-state index is 0.129. The van der Waals surface area contributed by atoms with Gasteiger partial charge in [-0.1, -0.05) is 0 Å². The van der Waals surface area contributed by atoms with E-state index in [4.69, 9.17) is 4.74 Å². The van der Waals surface area contributed by atoms with Gasteiger partial charge in [0.1, 0.15) is 0 Å². The van der Waals surface area contributed by atoms with Crippen LogP contribution in [0.15, 0.2) is 12.4 Å². The SMILES string of the molecule is CCOC[C@H](O)CN1CCN(C(=O)[C@@H]2C[C@H]2c2cnn(C)c2)CC1. The van der Waals surface area contributed by atoms with Gasteiger partial charge in [-0.2, -0.15) is 5.10 Å². The summed E-state index contributed by atoms with van der Waals surface area (Å²) in [5, 5.41) is 14.1. The van der Waals surface area contributed by atoms with Crippen LogP contribution in [-0.2, 0) is 16.6 Å². The van der Waals surface area contributed by atoms with E-state index in [0.717, 1.165) is 32.6 Å². The van der Waals surface area contributed by atoms with Crippen LogP contribution in [0.5, 0.6) is 0 Å². The number of aryl methyl sites for hydroxylation is 1. The summed E-state index contributed by atoms with van der Waals surface area (Å²) >= 11 is 0. The number of aliphatic hydroxyl groups excluding tert-OH is 1. The van der Waals surface area contributed by atoms with Crippen LogP contribution in [0.1, 0.15) is 24.8 Å². The van der Waals surface area contributed by atoms with Crippen LogP contribution in [0.25, 0.3) is 0 Å². The Labute approximate surface area is 143 Å². The minimum Gasteiger partial charge on any atom is -0.389 e. The van der Waals surface area contributed by atoms with E-state index in [0.29, 0.717) is 25.7 Å². The zero-order valence-electron chi connectivity index (χ0n) is 14.6. The first kappa shape index (κ1) is 17.4. The molecule has 1 aliphatic heterocycles. The molecule has 0 bridgehead atoms. The molecule has 1 aromatic heterocycles. The maximum absolute atomic E-state index is 12.6. The van der Waals surface area contributed by atoms with Crippen molar-refractivity contribution >= 4 is 5.91 Å². The van der Waals surface area contributed by atoms with Crippen molar-refractivity contribution in [3.63, 3.8) is 0 Å². The summed E-state index contributed by atoms with van der Waals surface area (Å²) in [7, 11) is 1.90. The van der Waals surface area contributed by atoms with Gasteiger partial charge in [0.05, 0.1) is 18.9 Å².